The van der Waals surface area contributed by atoms with Crippen LogP contribution in [0, 0.1) is 0 Å². The highest BCUT2D eigenvalue weighted by molar-refractivity contribution is 5.91. The molecule has 0 aliphatic heterocycles. The standard InChI is InChI=1S/C17H33N7O6/c18-8-2-1-4-11(23-14(27)10(19)6-7-13(25)26)15(28)24-12(16(29)30)5-3-9-22-17(20)21/h10-12H,1-9,18-19H2,(H,23,27)(H,24,28)(H,25,26)(H,29,30)(H4,20,21,22)/t10-,11+,12+/m0/s1. The normalized spacial score (nSPS) is 13.5. The van der Waals surface area contributed by atoms with E-state index in [0.29, 0.717) is 25.8 Å². The second-order valence-corrected chi connectivity index (χ2v) is 6.73. The first-order valence-electron chi connectivity index (χ1n) is 9.64. The van der Waals surface area contributed by atoms with Crippen molar-refractivity contribution in [2.24, 2.45) is 27.9 Å². The number of amides is 2. The van der Waals surface area contributed by atoms with Crippen LogP contribution >= 0.6 is 0 Å². The molecule has 172 valence electrons. The molecule has 0 fully saturated rings. The lowest BCUT2D eigenvalue weighted by Gasteiger charge is -2.23. The van der Waals surface area contributed by atoms with Gasteiger partial charge < -0.3 is 43.8 Å². The number of unbranched alkanes of at least 4 members (excludes halogenated alkanes) is 1. The number of rotatable bonds is 16. The lowest BCUT2D eigenvalue weighted by atomic mass is 10.1. The quantitative estimate of drug-likeness (QED) is 0.0719. The van der Waals surface area contributed by atoms with Crippen LogP contribution in [-0.2, 0) is 19.2 Å². The van der Waals surface area contributed by atoms with Crippen molar-refractivity contribution in [2.45, 2.75) is 63.1 Å². The number of carboxylic acid groups (broad SMARTS) is 2. The van der Waals surface area contributed by atoms with Gasteiger partial charge in [0, 0.05) is 13.0 Å². The van der Waals surface area contributed by atoms with Gasteiger partial charge in [0.2, 0.25) is 11.8 Å². The van der Waals surface area contributed by atoms with E-state index < -0.39 is 41.9 Å². The number of carboxylic acids is 2. The minimum Gasteiger partial charge on any atom is -0.481 e. The lowest BCUT2D eigenvalue weighted by Crippen LogP contribution is -2.54. The van der Waals surface area contributed by atoms with E-state index in [1.807, 2.05) is 0 Å². The van der Waals surface area contributed by atoms with Gasteiger partial charge in [-0.25, -0.2) is 4.79 Å². The number of hydrogen-bond acceptors (Lipinski definition) is 7. The van der Waals surface area contributed by atoms with E-state index in [-0.39, 0.29) is 38.2 Å². The second kappa shape index (κ2) is 15.0. The molecule has 0 bridgehead atoms. The first-order valence-corrected chi connectivity index (χ1v) is 9.64. The first kappa shape index (κ1) is 27.1. The van der Waals surface area contributed by atoms with Crippen molar-refractivity contribution in [3.63, 3.8) is 0 Å². The molecule has 30 heavy (non-hydrogen) atoms. The Balaban J connectivity index is 4.98. The molecule has 0 rings (SSSR count). The zero-order chi connectivity index (χ0) is 23.1. The van der Waals surface area contributed by atoms with Crippen LogP contribution in [0.2, 0.25) is 0 Å². The second-order valence-electron chi connectivity index (χ2n) is 6.73. The highest BCUT2D eigenvalue weighted by atomic mass is 16.4. The molecular formula is C17H33N7O6. The fourth-order valence-corrected chi connectivity index (χ4v) is 2.48. The minimum absolute atomic E-state index is 0.0828. The molecule has 0 spiro atoms. The van der Waals surface area contributed by atoms with Gasteiger partial charge in [-0.15, -0.1) is 0 Å². The number of nitrogens with zero attached hydrogens (tertiary/aromatic N) is 1. The molecule has 0 aromatic carbocycles. The van der Waals surface area contributed by atoms with Gasteiger partial charge in [-0.3, -0.25) is 19.4 Å². The maximum atomic E-state index is 12.6. The van der Waals surface area contributed by atoms with Crippen molar-refractivity contribution < 1.29 is 29.4 Å². The molecule has 0 aromatic heterocycles. The molecule has 0 aromatic rings. The first-order chi connectivity index (χ1) is 14.1. The fourth-order valence-electron chi connectivity index (χ4n) is 2.48. The summed E-state index contributed by atoms with van der Waals surface area (Å²) in [4.78, 5) is 50.6. The van der Waals surface area contributed by atoms with Crippen molar-refractivity contribution in [3.8, 4) is 0 Å². The predicted octanol–water partition coefficient (Wildman–Crippen LogP) is -2.58. The zero-order valence-electron chi connectivity index (χ0n) is 16.9. The Morgan fingerprint density at radius 2 is 1.47 bits per heavy atom. The van der Waals surface area contributed by atoms with Crippen LogP contribution in [0.1, 0.15) is 44.9 Å². The molecule has 13 heteroatoms. The monoisotopic (exact) mass is 431 g/mol. The van der Waals surface area contributed by atoms with Gasteiger partial charge >= 0.3 is 11.9 Å². The number of aliphatic imine (C=N–C) groups is 1. The van der Waals surface area contributed by atoms with Crippen LogP contribution in [0.25, 0.3) is 0 Å². The highest BCUT2D eigenvalue weighted by Crippen LogP contribution is 2.05. The summed E-state index contributed by atoms with van der Waals surface area (Å²) in [6, 6.07) is -3.33. The van der Waals surface area contributed by atoms with Crippen LogP contribution in [0.5, 0.6) is 0 Å². The van der Waals surface area contributed by atoms with Gasteiger partial charge in [-0.2, -0.15) is 0 Å². The van der Waals surface area contributed by atoms with Crippen molar-refractivity contribution >= 4 is 29.7 Å². The maximum Gasteiger partial charge on any atom is 0.326 e. The number of aliphatic carboxylic acids is 2. The third-order valence-corrected chi connectivity index (χ3v) is 4.15. The number of carbonyl (C=O) groups is 4. The van der Waals surface area contributed by atoms with Gasteiger partial charge in [0.15, 0.2) is 5.96 Å². The van der Waals surface area contributed by atoms with Crippen molar-refractivity contribution in [2.75, 3.05) is 13.1 Å². The molecule has 0 saturated heterocycles. The van der Waals surface area contributed by atoms with Crippen molar-refractivity contribution in [3.05, 3.63) is 0 Å². The van der Waals surface area contributed by atoms with E-state index in [1.165, 1.54) is 0 Å². The summed E-state index contributed by atoms with van der Waals surface area (Å²) in [5.74, 6) is -3.82. The third-order valence-electron chi connectivity index (χ3n) is 4.15. The fraction of sp³-hybridized carbons (Fsp3) is 0.706. The Morgan fingerprint density at radius 3 is 2.00 bits per heavy atom. The molecule has 0 aliphatic carbocycles. The van der Waals surface area contributed by atoms with Crippen LogP contribution < -0.4 is 33.6 Å². The summed E-state index contributed by atoms with van der Waals surface area (Å²) >= 11 is 0. The van der Waals surface area contributed by atoms with Crippen LogP contribution in [0.4, 0.5) is 0 Å². The largest absolute Gasteiger partial charge is 0.481 e. The Kier molecular flexibility index (Phi) is 13.5. The number of nitrogens with one attached hydrogen (secondary N) is 2. The van der Waals surface area contributed by atoms with Gasteiger partial charge in [0.25, 0.3) is 0 Å². The number of nitrogens with two attached hydrogens (primary N) is 4. The molecule has 0 radical (unpaired) electrons. The Hall–Kier alpha value is -2.93. The summed E-state index contributed by atoms with van der Waals surface area (Å²) in [7, 11) is 0. The van der Waals surface area contributed by atoms with Crippen LogP contribution in [-0.4, -0.2) is 71.1 Å². The van der Waals surface area contributed by atoms with Gasteiger partial charge in [-0.1, -0.05) is 0 Å². The Morgan fingerprint density at radius 1 is 0.867 bits per heavy atom. The predicted molar refractivity (Wildman–Crippen MR) is 109 cm³/mol. The molecule has 2 amide bonds. The van der Waals surface area contributed by atoms with Crippen LogP contribution in [0.15, 0.2) is 4.99 Å². The van der Waals surface area contributed by atoms with Crippen LogP contribution in [0.3, 0.4) is 0 Å². The summed E-state index contributed by atoms with van der Waals surface area (Å²) in [5, 5.41) is 22.9. The number of hydrogen-bond donors (Lipinski definition) is 8. The molecule has 0 saturated carbocycles. The molecule has 13 nitrogen and oxygen atoms in total. The third kappa shape index (κ3) is 12.5. The minimum atomic E-state index is -1.24. The summed E-state index contributed by atoms with van der Waals surface area (Å²) in [5.41, 5.74) is 21.5. The molecule has 0 unspecified atom stereocenters. The molecular weight excluding hydrogens is 398 g/mol. The van der Waals surface area contributed by atoms with E-state index in [2.05, 4.69) is 15.6 Å². The van der Waals surface area contributed by atoms with Crippen molar-refractivity contribution in [1.29, 1.82) is 0 Å². The topological polar surface area (TPSA) is 249 Å². The van der Waals surface area contributed by atoms with E-state index in [1.54, 1.807) is 0 Å². The van der Waals surface area contributed by atoms with E-state index >= 15 is 0 Å². The van der Waals surface area contributed by atoms with E-state index in [9.17, 15) is 24.3 Å². The van der Waals surface area contributed by atoms with Gasteiger partial charge in [0.1, 0.15) is 12.1 Å². The SMILES string of the molecule is NCCCC[C@@H](NC(=O)[C@@H](N)CCC(=O)O)C(=O)N[C@H](CCCN=C(N)N)C(=O)O. The molecule has 12 N–H and O–H groups in total. The summed E-state index contributed by atoms with van der Waals surface area (Å²) < 4.78 is 0. The lowest BCUT2D eigenvalue weighted by molar-refractivity contribution is -0.142. The summed E-state index contributed by atoms with van der Waals surface area (Å²) in [6.07, 6.45) is 1.35. The number of carbonyl (C=O) groups excluding carboxylic acids is 2. The molecule has 0 aliphatic rings. The smallest absolute Gasteiger partial charge is 0.326 e. The maximum absolute atomic E-state index is 12.6. The van der Waals surface area contributed by atoms with Gasteiger partial charge in [-0.05, 0) is 45.1 Å². The Bertz CT molecular complexity index is 609. The average molecular weight is 431 g/mol. The van der Waals surface area contributed by atoms with Gasteiger partial charge in [0.05, 0.1) is 6.04 Å². The molecule has 3 atom stereocenters. The zero-order valence-corrected chi connectivity index (χ0v) is 16.9. The number of guanidine groups is 1. The van der Waals surface area contributed by atoms with E-state index in [4.69, 9.17) is 28.0 Å². The average Bonchev–Trinajstić information content (AvgIpc) is 2.66. The highest BCUT2D eigenvalue weighted by Gasteiger charge is 2.27. The molecule has 0 heterocycles. The Labute approximate surface area is 174 Å². The summed E-state index contributed by atoms with van der Waals surface area (Å²) in [6.45, 7) is 0.597. The van der Waals surface area contributed by atoms with E-state index in [0.717, 1.165) is 0 Å². The van der Waals surface area contributed by atoms with Crippen molar-refractivity contribution in [1.82, 2.24) is 10.6 Å².